The minimum atomic E-state index is -0.200. The van der Waals surface area contributed by atoms with Crippen molar-refractivity contribution in [2.24, 2.45) is 0 Å². The predicted molar refractivity (Wildman–Crippen MR) is 107 cm³/mol. The van der Waals surface area contributed by atoms with E-state index in [9.17, 15) is 4.79 Å². The van der Waals surface area contributed by atoms with Crippen molar-refractivity contribution >= 4 is 22.6 Å². The predicted octanol–water partition coefficient (Wildman–Crippen LogP) is 2.81. The maximum atomic E-state index is 12.5. The van der Waals surface area contributed by atoms with Crippen LogP contribution in [0.2, 0.25) is 5.02 Å². The molecule has 0 N–H and O–H groups in total. The van der Waals surface area contributed by atoms with E-state index in [4.69, 9.17) is 25.5 Å². The van der Waals surface area contributed by atoms with Gasteiger partial charge in [-0.25, -0.2) is 4.79 Å². The molecule has 0 unspecified atom stereocenters. The second-order valence-electron chi connectivity index (χ2n) is 7.88. The lowest BCUT2D eigenvalue weighted by atomic mass is 10.0. The molecule has 2 aromatic rings. The zero-order valence-corrected chi connectivity index (χ0v) is 16.7. The van der Waals surface area contributed by atoms with Crippen molar-refractivity contribution in [3.05, 3.63) is 38.2 Å². The molecular formula is C21H25ClN2O4. The van der Waals surface area contributed by atoms with E-state index in [1.165, 1.54) is 0 Å². The summed E-state index contributed by atoms with van der Waals surface area (Å²) >= 11 is 6.53. The fourth-order valence-corrected chi connectivity index (χ4v) is 4.92. The van der Waals surface area contributed by atoms with E-state index < -0.39 is 0 Å². The summed E-state index contributed by atoms with van der Waals surface area (Å²) in [7, 11) is 0. The summed E-state index contributed by atoms with van der Waals surface area (Å²) in [4.78, 5) is 17.2. The van der Waals surface area contributed by atoms with Crippen LogP contribution in [0.3, 0.4) is 0 Å². The molecule has 1 aromatic heterocycles. The summed E-state index contributed by atoms with van der Waals surface area (Å²) in [6, 6.07) is 1.91. The number of hydrogen-bond acceptors (Lipinski definition) is 6. The third-order valence-electron chi connectivity index (χ3n) is 6.09. The minimum absolute atomic E-state index is 0.200. The Morgan fingerprint density at radius 2 is 1.82 bits per heavy atom. The Labute approximate surface area is 168 Å². The van der Waals surface area contributed by atoms with Gasteiger partial charge in [0.05, 0.1) is 23.8 Å². The summed E-state index contributed by atoms with van der Waals surface area (Å²) in [5, 5.41) is 1.59. The molecule has 1 saturated heterocycles. The summed E-state index contributed by atoms with van der Waals surface area (Å²) in [5.41, 5.74) is 3.30. The molecule has 1 aliphatic carbocycles. The number of benzene rings is 1. The van der Waals surface area contributed by atoms with Crippen molar-refractivity contribution in [3.63, 3.8) is 0 Å². The van der Waals surface area contributed by atoms with E-state index in [0.29, 0.717) is 29.6 Å². The Morgan fingerprint density at radius 3 is 2.68 bits per heavy atom. The first-order valence-corrected chi connectivity index (χ1v) is 10.5. The fourth-order valence-electron chi connectivity index (χ4n) is 4.64. The normalized spacial score (nSPS) is 20.2. The second-order valence-corrected chi connectivity index (χ2v) is 8.28. The molecule has 0 atom stereocenters. The van der Waals surface area contributed by atoms with Crippen LogP contribution >= 0.6 is 11.6 Å². The van der Waals surface area contributed by atoms with Crippen LogP contribution in [0.1, 0.15) is 29.5 Å². The molecule has 6 nitrogen and oxygen atoms in total. The number of fused-ring (bicyclic) bond motifs is 5. The molecule has 5 rings (SSSR count). The van der Waals surface area contributed by atoms with Gasteiger partial charge in [-0.05, 0) is 43.9 Å². The van der Waals surface area contributed by atoms with Crippen LogP contribution in [-0.2, 0) is 24.1 Å². The molecule has 7 heteroatoms. The van der Waals surface area contributed by atoms with E-state index in [1.807, 2.05) is 6.07 Å². The Bertz CT molecular complexity index is 952. The molecule has 1 aromatic carbocycles. The second kappa shape index (κ2) is 7.67. The maximum Gasteiger partial charge on any atom is 0.339 e. The zero-order chi connectivity index (χ0) is 19.1. The van der Waals surface area contributed by atoms with Gasteiger partial charge in [-0.2, -0.15) is 0 Å². The van der Waals surface area contributed by atoms with Gasteiger partial charge < -0.3 is 13.9 Å². The van der Waals surface area contributed by atoms with Crippen molar-refractivity contribution in [3.8, 4) is 5.75 Å². The SMILES string of the molecule is O=c1oc2c3c(c(Cl)cc2c2c1CCC2)OCN(CCCN1CCOCC1)C3. The number of rotatable bonds is 4. The number of aryl methyl sites for hydroxylation is 1. The lowest BCUT2D eigenvalue weighted by Crippen LogP contribution is -2.39. The highest BCUT2D eigenvalue weighted by molar-refractivity contribution is 6.33. The maximum absolute atomic E-state index is 12.5. The average Bonchev–Trinajstić information content (AvgIpc) is 3.21. The Kier molecular flexibility index (Phi) is 5.05. The van der Waals surface area contributed by atoms with Crippen LogP contribution in [0, 0.1) is 0 Å². The van der Waals surface area contributed by atoms with Crippen LogP contribution in [0.25, 0.3) is 11.0 Å². The zero-order valence-electron chi connectivity index (χ0n) is 16.0. The van der Waals surface area contributed by atoms with Gasteiger partial charge >= 0.3 is 5.63 Å². The molecule has 0 radical (unpaired) electrons. The largest absolute Gasteiger partial charge is 0.476 e. The van der Waals surface area contributed by atoms with Gasteiger partial charge in [-0.3, -0.25) is 9.80 Å². The highest BCUT2D eigenvalue weighted by atomic mass is 35.5. The number of hydrogen-bond donors (Lipinski definition) is 0. The lowest BCUT2D eigenvalue weighted by molar-refractivity contribution is 0.0330. The molecule has 0 amide bonds. The van der Waals surface area contributed by atoms with E-state index in [0.717, 1.165) is 87.2 Å². The number of morpholine rings is 1. The van der Waals surface area contributed by atoms with Crippen LogP contribution in [0.15, 0.2) is 15.3 Å². The van der Waals surface area contributed by atoms with Crippen molar-refractivity contribution in [2.75, 3.05) is 46.1 Å². The number of halogens is 1. The van der Waals surface area contributed by atoms with Gasteiger partial charge in [-0.1, -0.05) is 11.6 Å². The molecule has 3 heterocycles. The first-order valence-electron chi connectivity index (χ1n) is 10.2. The van der Waals surface area contributed by atoms with Crippen LogP contribution in [0.4, 0.5) is 0 Å². The van der Waals surface area contributed by atoms with Gasteiger partial charge in [0.15, 0.2) is 0 Å². The van der Waals surface area contributed by atoms with Crippen molar-refractivity contribution in [1.82, 2.24) is 9.80 Å². The first-order chi connectivity index (χ1) is 13.7. The number of nitrogens with zero attached hydrogens (tertiary/aromatic N) is 2. The van der Waals surface area contributed by atoms with Gasteiger partial charge in [0.25, 0.3) is 0 Å². The summed E-state index contributed by atoms with van der Waals surface area (Å²) in [6.07, 6.45) is 3.78. The first kappa shape index (κ1) is 18.4. The van der Waals surface area contributed by atoms with Crippen molar-refractivity contribution < 1.29 is 13.9 Å². The highest BCUT2D eigenvalue weighted by Crippen LogP contribution is 2.41. The summed E-state index contributed by atoms with van der Waals surface area (Å²) in [6.45, 7) is 6.87. The summed E-state index contributed by atoms with van der Waals surface area (Å²) < 4.78 is 17.1. The van der Waals surface area contributed by atoms with Crippen LogP contribution in [-0.4, -0.2) is 55.9 Å². The Balaban J connectivity index is 1.38. The Morgan fingerprint density at radius 1 is 1.04 bits per heavy atom. The molecule has 0 bridgehead atoms. The van der Waals surface area contributed by atoms with E-state index >= 15 is 0 Å². The van der Waals surface area contributed by atoms with E-state index in [2.05, 4.69) is 9.80 Å². The van der Waals surface area contributed by atoms with Crippen molar-refractivity contribution in [1.29, 1.82) is 0 Å². The summed E-state index contributed by atoms with van der Waals surface area (Å²) in [5.74, 6) is 0.666. The monoisotopic (exact) mass is 404 g/mol. The molecule has 150 valence electrons. The quantitative estimate of drug-likeness (QED) is 0.730. The van der Waals surface area contributed by atoms with Gasteiger partial charge in [0.1, 0.15) is 18.1 Å². The molecule has 1 fully saturated rings. The molecule has 28 heavy (non-hydrogen) atoms. The Hall–Kier alpha value is -1.60. The smallest absolute Gasteiger partial charge is 0.339 e. The minimum Gasteiger partial charge on any atom is -0.476 e. The molecular weight excluding hydrogens is 380 g/mol. The van der Waals surface area contributed by atoms with Gasteiger partial charge in [-0.15, -0.1) is 0 Å². The van der Waals surface area contributed by atoms with E-state index in [1.54, 1.807) is 0 Å². The third-order valence-corrected chi connectivity index (χ3v) is 6.37. The number of ether oxygens (including phenoxy) is 2. The fraction of sp³-hybridized carbons (Fsp3) is 0.571. The molecule has 0 spiro atoms. The third kappa shape index (κ3) is 3.32. The average molecular weight is 405 g/mol. The van der Waals surface area contributed by atoms with Crippen LogP contribution in [0.5, 0.6) is 5.75 Å². The van der Waals surface area contributed by atoms with Crippen molar-refractivity contribution in [2.45, 2.75) is 32.2 Å². The molecule has 3 aliphatic rings. The standard InChI is InChI=1S/C21H25ClN2O4/c22-18-11-16-14-3-1-4-15(14)21(25)28-19(16)17-12-24(13-27-20(17)18)6-2-5-23-7-9-26-10-8-23/h11H,1-10,12-13H2. The van der Waals surface area contributed by atoms with Gasteiger partial charge in [0, 0.05) is 37.1 Å². The topological polar surface area (TPSA) is 55.2 Å². The van der Waals surface area contributed by atoms with E-state index in [-0.39, 0.29) is 5.63 Å². The lowest BCUT2D eigenvalue weighted by Gasteiger charge is -2.31. The van der Waals surface area contributed by atoms with Gasteiger partial charge in [0.2, 0.25) is 0 Å². The van der Waals surface area contributed by atoms with Crippen LogP contribution < -0.4 is 10.4 Å². The molecule has 2 aliphatic heterocycles. The molecule has 0 saturated carbocycles. The highest BCUT2D eigenvalue weighted by Gasteiger charge is 2.28.